The fourth-order valence-electron chi connectivity index (χ4n) is 1.22. The number of allylic oxidation sites excluding steroid dienone is 2. The SMILES string of the molecule is C=C/C(=C\C(=C)O)Oc1ccc(CC)cc1. The molecule has 0 saturated carbocycles. The Balaban J connectivity index is 2.78. The molecule has 0 amide bonds. The van der Waals surface area contributed by atoms with E-state index in [0.717, 1.165) is 6.42 Å². The van der Waals surface area contributed by atoms with Crippen LogP contribution in [0.5, 0.6) is 5.75 Å². The molecule has 0 saturated heterocycles. The van der Waals surface area contributed by atoms with Crippen molar-refractivity contribution in [3.8, 4) is 5.75 Å². The summed E-state index contributed by atoms with van der Waals surface area (Å²) in [4.78, 5) is 0. The van der Waals surface area contributed by atoms with Crippen LogP contribution in [0.25, 0.3) is 0 Å². The zero-order valence-electron chi connectivity index (χ0n) is 9.44. The second-order valence-corrected chi connectivity index (χ2v) is 3.34. The Bertz CT molecular complexity index is 399. The van der Waals surface area contributed by atoms with Crippen molar-refractivity contribution in [2.75, 3.05) is 0 Å². The Morgan fingerprint density at radius 1 is 1.38 bits per heavy atom. The van der Waals surface area contributed by atoms with Gasteiger partial charge in [0.25, 0.3) is 0 Å². The predicted octanol–water partition coefficient (Wildman–Crippen LogP) is 3.77. The smallest absolute Gasteiger partial charge is 0.130 e. The number of hydrogen-bond acceptors (Lipinski definition) is 2. The Labute approximate surface area is 96.2 Å². The topological polar surface area (TPSA) is 29.5 Å². The molecular formula is C14H16O2. The minimum Gasteiger partial charge on any atom is -0.508 e. The molecule has 1 aromatic rings. The van der Waals surface area contributed by atoms with Gasteiger partial charge in [0, 0.05) is 6.08 Å². The lowest BCUT2D eigenvalue weighted by Crippen LogP contribution is -1.93. The van der Waals surface area contributed by atoms with E-state index in [1.54, 1.807) is 0 Å². The van der Waals surface area contributed by atoms with E-state index in [4.69, 9.17) is 9.84 Å². The van der Waals surface area contributed by atoms with Gasteiger partial charge in [0.05, 0.1) is 0 Å². The molecule has 0 unspecified atom stereocenters. The number of benzene rings is 1. The third-order valence-corrected chi connectivity index (χ3v) is 2.08. The normalized spacial score (nSPS) is 10.9. The van der Waals surface area contributed by atoms with Crippen LogP contribution in [-0.4, -0.2) is 5.11 Å². The molecule has 2 heteroatoms. The highest BCUT2D eigenvalue weighted by molar-refractivity contribution is 5.31. The zero-order valence-corrected chi connectivity index (χ0v) is 9.44. The van der Waals surface area contributed by atoms with Gasteiger partial charge in [0.2, 0.25) is 0 Å². The summed E-state index contributed by atoms with van der Waals surface area (Å²) >= 11 is 0. The molecule has 84 valence electrons. The number of ether oxygens (including phenoxy) is 1. The maximum Gasteiger partial charge on any atom is 0.130 e. The molecule has 2 nitrogen and oxygen atoms in total. The largest absolute Gasteiger partial charge is 0.508 e. The van der Waals surface area contributed by atoms with Crippen molar-refractivity contribution in [2.24, 2.45) is 0 Å². The van der Waals surface area contributed by atoms with Crippen LogP contribution in [0.4, 0.5) is 0 Å². The molecule has 0 aliphatic rings. The number of aliphatic hydroxyl groups is 1. The predicted molar refractivity (Wildman–Crippen MR) is 66.5 cm³/mol. The fraction of sp³-hybridized carbons (Fsp3) is 0.143. The molecule has 0 aliphatic carbocycles. The third-order valence-electron chi connectivity index (χ3n) is 2.08. The molecule has 0 fully saturated rings. The lowest BCUT2D eigenvalue weighted by Gasteiger charge is -2.06. The van der Waals surface area contributed by atoms with E-state index < -0.39 is 0 Å². The first-order chi connectivity index (χ1) is 7.65. The summed E-state index contributed by atoms with van der Waals surface area (Å²) in [6, 6.07) is 7.78. The maximum absolute atomic E-state index is 9.02. The first kappa shape index (κ1) is 12.1. The quantitative estimate of drug-likeness (QED) is 0.599. The van der Waals surface area contributed by atoms with Crippen molar-refractivity contribution in [3.63, 3.8) is 0 Å². The monoisotopic (exact) mass is 216 g/mol. The molecule has 0 radical (unpaired) electrons. The van der Waals surface area contributed by atoms with Crippen LogP contribution in [0.2, 0.25) is 0 Å². The third kappa shape index (κ3) is 3.65. The number of rotatable bonds is 5. The minimum absolute atomic E-state index is 0.0555. The average Bonchev–Trinajstić information content (AvgIpc) is 2.28. The standard InChI is InChI=1S/C14H16O2/c1-4-12-6-8-14(9-7-12)16-13(5-2)10-11(3)15/h5-10,15H,2-4H2,1H3/b13-10+. The van der Waals surface area contributed by atoms with Gasteiger partial charge in [0.15, 0.2) is 0 Å². The van der Waals surface area contributed by atoms with E-state index in [1.165, 1.54) is 17.7 Å². The number of hydrogen-bond donors (Lipinski definition) is 1. The summed E-state index contributed by atoms with van der Waals surface area (Å²) in [5.74, 6) is 1.13. The minimum atomic E-state index is -0.0555. The molecule has 1 rings (SSSR count). The van der Waals surface area contributed by atoms with Crippen molar-refractivity contribution >= 4 is 0 Å². The fourth-order valence-corrected chi connectivity index (χ4v) is 1.22. The lowest BCUT2D eigenvalue weighted by molar-refractivity contribution is 0.413. The average molecular weight is 216 g/mol. The van der Waals surface area contributed by atoms with Crippen LogP contribution in [0.1, 0.15) is 12.5 Å². The van der Waals surface area contributed by atoms with E-state index in [1.807, 2.05) is 24.3 Å². The molecule has 16 heavy (non-hydrogen) atoms. The maximum atomic E-state index is 9.02. The van der Waals surface area contributed by atoms with Crippen molar-refractivity contribution in [1.29, 1.82) is 0 Å². The summed E-state index contributed by atoms with van der Waals surface area (Å²) in [5.41, 5.74) is 1.25. The van der Waals surface area contributed by atoms with Crippen molar-refractivity contribution in [2.45, 2.75) is 13.3 Å². The van der Waals surface area contributed by atoms with E-state index >= 15 is 0 Å². The highest BCUT2D eigenvalue weighted by atomic mass is 16.5. The summed E-state index contributed by atoms with van der Waals surface area (Å²) in [7, 11) is 0. The van der Waals surface area contributed by atoms with Gasteiger partial charge in [0.1, 0.15) is 17.3 Å². The van der Waals surface area contributed by atoms with Gasteiger partial charge >= 0.3 is 0 Å². The van der Waals surface area contributed by atoms with Crippen molar-refractivity contribution < 1.29 is 9.84 Å². The molecule has 0 atom stereocenters. The summed E-state index contributed by atoms with van der Waals surface area (Å²) < 4.78 is 5.50. The molecule has 0 bridgehead atoms. The van der Waals surface area contributed by atoms with Crippen LogP contribution in [0.15, 0.2) is 61.1 Å². The summed E-state index contributed by atoms with van der Waals surface area (Å²) in [5, 5.41) is 9.02. The van der Waals surface area contributed by atoms with Crippen LogP contribution >= 0.6 is 0 Å². The van der Waals surface area contributed by atoms with Gasteiger partial charge < -0.3 is 9.84 Å². The molecule has 0 heterocycles. The van der Waals surface area contributed by atoms with Crippen LogP contribution < -0.4 is 4.74 Å². The Morgan fingerprint density at radius 2 is 2.00 bits per heavy atom. The van der Waals surface area contributed by atoms with Crippen LogP contribution in [-0.2, 0) is 6.42 Å². The Morgan fingerprint density at radius 3 is 2.44 bits per heavy atom. The van der Waals surface area contributed by atoms with Gasteiger partial charge in [-0.3, -0.25) is 0 Å². The van der Waals surface area contributed by atoms with Gasteiger partial charge in [-0.25, -0.2) is 0 Å². The summed E-state index contributed by atoms with van der Waals surface area (Å²) in [6.45, 7) is 9.06. The zero-order chi connectivity index (χ0) is 12.0. The van der Waals surface area contributed by atoms with Crippen LogP contribution in [0, 0.1) is 0 Å². The second-order valence-electron chi connectivity index (χ2n) is 3.34. The molecule has 1 N–H and O–H groups in total. The second kappa shape index (κ2) is 5.81. The highest BCUT2D eigenvalue weighted by Crippen LogP contribution is 2.16. The first-order valence-corrected chi connectivity index (χ1v) is 5.14. The first-order valence-electron chi connectivity index (χ1n) is 5.14. The van der Waals surface area contributed by atoms with Gasteiger partial charge in [-0.05, 0) is 30.2 Å². The van der Waals surface area contributed by atoms with E-state index in [9.17, 15) is 0 Å². The van der Waals surface area contributed by atoms with E-state index in [2.05, 4.69) is 20.1 Å². The van der Waals surface area contributed by atoms with Gasteiger partial charge in [-0.1, -0.05) is 32.2 Å². The molecular weight excluding hydrogens is 200 g/mol. The van der Waals surface area contributed by atoms with Gasteiger partial charge in [-0.2, -0.15) is 0 Å². The van der Waals surface area contributed by atoms with Crippen molar-refractivity contribution in [3.05, 3.63) is 66.7 Å². The van der Waals surface area contributed by atoms with E-state index in [0.29, 0.717) is 11.5 Å². The summed E-state index contributed by atoms with van der Waals surface area (Å²) in [6.07, 6.45) is 3.94. The molecule has 0 aliphatic heterocycles. The number of aliphatic hydroxyl groups excluding tert-OH is 1. The lowest BCUT2D eigenvalue weighted by atomic mass is 10.2. The van der Waals surface area contributed by atoms with Crippen molar-refractivity contribution in [1.82, 2.24) is 0 Å². The molecule has 0 aromatic heterocycles. The Kier molecular flexibility index (Phi) is 4.40. The number of aryl methyl sites for hydroxylation is 1. The van der Waals surface area contributed by atoms with Crippen LogP contribution in [0.3, 0.4) is 0 Å². The van der Waals surface area contributed by atoms with E-state index in [-0.39, 0.29) is 5.76 Å². The van der Waals surface area contributed by atoms with Gasteiger partial charge in [-0.15, -0.1) is 0 Å². The molecule has 1 aromatic carbocycles. The Hall–Kier alpha value is -1.96. The highest BCUT2D eigenvalue weighted by Gasteiger charge is 1.97. The molecule has 0 spiro atoms.